The third kappa shape index (κ3) is 2.96. The summed E-state index contributed by atoms with van der Waals surface area (Å²) in [6.07, 6.45) is 0.508. The summed E-state index contributed by atoms with van der Waals surface area (Å²) < 4.78 is 0. The van der Waals surface area contributed by atoms with E-state index in [4.69, 9.17) is 0 Å². The molecule has 0 aromatic heterocycles. The lowest BCUT2D eigenvalue weighted by molar-refractivity contribution is 0.0764. The summed E-state index contributed by atoms with van der Waals surface area (Å²) in [5.41, 5.74) is 1.92. The number of carbonyl (C=O) groups is 1. The van der Waals surface area contributed by atoms with Crippen LogP contribution in [0.25, 0.3) is 0 Å². The number of β-amino-alcohol motifs (C(OH)–C–C–N with tert-alkyl or cyclic N) is 1. The highest BCUT2D eigenvalue weighted by Crippen LogP contribution is 2.17. The summed E-state index contributed by atoms with van der Waals surface area (Å²) in [5.74, 6) is 0.00560. The Bertz CT molecular complexity index is 442. The highest BCUT2D eigenvalue weighted by molar-refractivity contribution is 5.94. The lowest BCUT2D eigenvalue weighted by atomic mass is 10.1. The van der Waals surface area contributed by atoms with Crippen molar-refractivity contribution in [1.82, 2.24) is 9.80 Å². The molecule has 0 bridgehead atoms. The number of aryl methyl sites for hydroxylation is 1. The van der Waals surface area contributed by atoms with E-state index >= 15 is 0 Å². The maximum atomic E-state index is 12.4. The van der Waals surface area contributed by atoms with Crippen molar-refractivity contribution < 1.29 is 9.90 Å². The van der Waals surface area contributed by atoms with Gasteiger partial charge in [0, 0.05) is 18.7 Å². The first kappa shape index (κ1) is 14.0. The molecule has 1 aliphatic heterocycles. The van der Waals surface area contributed by atoms with Crippen LogP contribution in [0.5, 0.6) is 0 Å². The van der Waals surface area contributed by atoms with Gasteiger partial charge in [-0.25, -0.2) is 0 Å². The van der Waals surface area contributed by atoms with E-state index in [0.29, 0.717) is 18.7 Å². The van der Waals surface area contributed by atoms with Crippen molar-refractivity contribution in [2.75, 3.05) is 27.2 Å². The SMILES string of the molecule is CCc1ccc(C(=O)N2C[C@@H](O)[C@H](N(C)C)C2)cc1. The van der Waals surface area contributed by atoms with Crippen LogP contribution in [-0.4, -0.2) is 60.1 Å². The first-order chi connectivity index (χ1) is 9.02. The predicted octanol–water partition coefficient (Wildman–Crippen LogP) is 0.996. The van der Waals surface area contributed by atoms with Crippen LogP contribution < -0.4 is 0 Å². The van der Waals surface area contributed by atoms with Gasteiger partial charge in [0.2, 0.25) is 0 Å². The molecule has 2 rings (SSSR count). The van der Waals surface area contributed by atoms with Gasteiger partial charge in [-0.3, -0.25) is 4.79 Å². The topological polar surface area (TPSA) is 43.8 Å². The Morgan fingerprint density at radius 3 is 2.42 bits per heavy atom. The predicted molar refractivity (Wildman–Crippen MR) is 75.2 cm³/mol. The summed E-state index contributed by atoms with van der Waals surface area (Å²) in [6.45, 7) is 3.09. The average Bonchev–Trinajstić information content (AvgIpc) is 2.80. The minimum Gasteiger partial charge on any atom is -0.390 e. The lowest BCUT2D eigenvalue weighted by Crippen LogP contribution is -2.38. The number of hydrogen-bond donors (Lipinski definition) is 1. The first-order valence-corrected chi connectivity index (χ1v) is 6.75. The van der Waals surface area contributed by atoms with E-state index in [-0.39, 0.29) is 11.9 Å². The van der Waals surface area contributed by atoms with Crippen LogP contribution in [0.15, 0.2) is 24.3 Å². The molecule has 1 amide bonds. The standard InChI is InChI=1S/C15H22N2O2/c1-4-11-5-7-12(8-6-11)15(19)17-9-13(16(2)3)14(18)10-17/h5-8,13-14,18H,4,9-10H2,1-3H3/t13-,14-/m1/s1. The van der Waals surface area contributed by atoms with Gasteiger partial charge in [-0.05, 0) is 38.2 Å². The quantitative estimate of drug-likeness (QED) is 0.883. The van der Waals surface area contributed by atoms with E-state index in [1.165, 1.54) is 5.56 Å². The fraction of sp³-hybridized carbons (Fsp3) is 0.533. The Morgan fingerprint density at radius 1 is 1.32 bits per heavy atom. The van der Waals surface area contributed by atoms with Gasteiger partial charge in [-0.2, -0.15) is 0 Å². The number of likely N-dealkylation sites (N-methyl/N-ethyl adjacent to an activating group) is 1. The Hall–Kier alpha value is -1.39. The van der Waals surface area contributed by atoms with Gasteiger partial charge in [-0.15, -0.1) is 0 Å². The molecule has 1 fully saturated rings. The first-order valence-electron chi connectivity index (χ1n) is 6.75. The van der Waals surface area contributed by atoms with Crippen molar-refractivity contribution in [1.29, 1.82) is 0 Å². The molecule has 19 heavy (non-hydrogen) atoms. The van der Waals surface area contributed by atoms with Crippen molar-refractivity contribution in [2.45, 2.75) is 25.5 Å². The third-order valence-corrected chi connectivity index (χ3v) is 3.82. The highest BCUT2D eigenvalue weighted by Gasteiger charge is 2.35. The van der Waals surface area contributed by atoms with Crippen LogP contribution in [0.2, 0.25) is 0 Å². The van der Waals surface area contributed by atoms with Crippen LogP contribution in [0.1, 0.15) is 22.8 Å². The van der Waals surface area contributed by atoms with Crippen LogP contribution >= 0.6 is 0 Å². The van der Waals surface area contributed by atoms with Gasteiger partial charge >= 0.3 is 0 Å². The van der Waals surface area contributed by atoms with Crippen LogP contribution in [0.4, 0.5) is 0 Å². The lowest BCUT2D eigenvalue weighted by Gasteiger charge is -2.21. The van der Waals surface area contributed by atoms with Crippen molar-refractivity contribution in [3.63, 3.8) is 0 Å². The van der Waals surface area contributed by atoms with Crippen molar-refractivity contribution in [3.05, 3.63) is 35.4 Å². The normalized spacial score (nSPS) is 23.1. The number of rotatable bonds is 3. The average molecular weight is 262 g/mol. The van der Waals surface area contributed by atoms with E-state index in [9.17, 15) is 9.90 Å². The van der Waals surface area contributed by atoms with Gasteiger partial charge in [0.25, 0.3) is 5.91 Å². The zero-order valence-corrected chi connectivity index (χ0v) is 11.8. The molecule has 1 heterocycles. The summed E-state index contributed by atoms with van der Waals surface area (Å²) >= 11 is 0. The zero-order valence-electron chi connectivity index (χ0n) is 11.8. The van der Waals surface area contributed by atoms with Crippen molar-refractivity contribution in [3.8, 4) is 0 Å². The summed E-state index contributed by atoms with van der Waals surface area (Å²) in [5, 5.41) is 9.97. The van der Waals surface area contributed by atoms with Gasteiger partial charge in [0.05, 0.1) is 12.1 Å². The third-order valence-electron chi connectivity index (χ3n) is 3.82. The summed E-state index contributed by atoms with van der Waals surface area (Å²) in [4.78, 5) is 16.1. The highest BCUT2D eigenvalue weighted by atomic mass is 16.3. The molecule has 0 saturated carbocycles. The van der Waals surface area contributed by atoms with Gasteiger partial charge in [0.15, 0.2) is 0 Å². The molecule has 1 saturated heterocycles. The Morgan fingerprint density at radius 2 is 1.95 bits per heavy atom. The molecule has 2 atom stereocenters. The number of likely N-dealkylation sites (tertiary alicyclic amines) is 1. The largest absolute Gasteiger partial charge is 0.390 e. The van der Waals surface area contributed by atoms with E-state index in [1.54, 1.807) is 4.90 Å². The van der Waals surface area contributed by atoms with Crippen LogP contribution in [0, 0.1) is 0 Å². The second-order valence-electron chi connectivity index (χ2n) is 5.36. The second kappa shape index (κ2) is 5.72. The molecule has 1 aromatic rings. The van der Waals surface area contributed by atoms with E-state index in [0.717, 1.165) is 6.42 Å². The fourth-order valence-corrected chi connectivity index (χ4v) is 2.51. The molecular formula is C15H22N2O2. The molecule has 0 aliphatic carbocycles. The monoisotopic (exact) mass is 262 g/mol. The molecule has 0 radical (unpaired) electrons. The smallest absolute Gasteiger partial charge is 0.253 e. The minimum atomic E-state index is -0.464. The van der Waals surface area contributed by atoms with Gasteiger partial charge in [-0.1, -0.05) is 19.1 Å². The Balaban J connectivity index is 2.08. The van der Waals surface area contributed by atoms with Crippen LogP contribution in [-0.2, 0) is 6.42 Å². The summed E-state index contributed by atoms with van der Waals surface area (Å²) in [6, 6.07) is 7.75. The molecule has 1 N–H and O–H groups in total. The minimum absolute atomic E-state index is 0.00560. The number of nitrogens with zero attached hydrogens (tertiary/aromatic N) is 2. The fourth-order valence-electron chi connectivity index (χ4n) is 2.51. The Kier molecular flexibility index (Phi) is 4.22. The molecule has 1 aromatic carbocycles. The number of amides is 1. The van der Waals surface area contributed by atoms with E-state index in [1.807, 2.05) is 43.3 Å². The van der Waals surface area contributed by atoms with Gasteiger partial charge < -0.3 is 14.9 Å². The van der Waals surface area contributed by atoms with Gasteiger partial charge in [0.1, 0.15) is 0 Å². The maximum Gasteiger partial charge on any atom is 0.253 e. The number of aliphatic hydroxyl groups is 1. The summed E-state index contributed by atoms with van der Waals surface area (Å²) in [7, 11) is 3.86. The number of aliphatic hydroxyl groups excluding tert-OH is 1. The number of carbonyl (C=O) groups excluding carboxylic acids is 1. The second-order valence-corrected chi connectivity index (χ2v) is 5.36. The maximum absolute atomic E-state index is 12.4. The van der Waals surface area contributed by atoms with Crippen LogP contribution in [0.3, 0.4) is 0 Å². The molecular weight excluding hydrogens is 240 g/mol. The molecule has 0 unspecified atom stereocenters. The number of benzene rings is 1. The molecule has 0 spiro atoms. The molecule has 104 valence electrons. The van der Waals surface area contributed by atoms with E-state index < -0.39 is 6.10 Å². The molecule has 4 nitrogen and oxygen atoms in total. The zero-order chi connectivity index (χ0) is 14.0. The van der Waals surface area contributed by atoms with Crippen molar-refractivity contribution >= 4 is 5.91 Å². The number of hydrogen-bond acceptors (Lipinski definition) is 3. The molecule has 1 aliphatic rings. The van der Waals surface area contributed by atoms with Crippen molar-refractivity contribution in [2.24, 2.45) is 0 Å². The van der Waals surface area contributed by atoms with E-state index in [2.05, 4.69) is 6.92 Å². The molecule has 4 heteroatoms. The Labute approximate surface area is 114 Å².